The topological polar surface area (TPSA) is 67.9 Å². The standard InChI is InChI=1S/C17H26N2O4/c1-5-6-7-10-19(13(2)20)12-17(21)18-14-8-9-15(22-3)16(11-14)23-4/h8-9,11H,5-7,10,12H2,1-4H3,(H,18,21). The molecule has 6 heteroatoms. The summed E-state index contributed by atoms with van der Waals surface area (Å²) in [5, 5.41) is 2.78. The van der Waals surface area contributed by atoms with Gasteiger partial charge in [0.05, 0.1) is 20.8 Å². The van der Waals surface area contributed by atoms with Gasteiger partial charge in [0.25, 0.3) is 0 Å². The molecule has 1 aromatic carbocycles. The van der Waals surface area contributed by atoms with Gasteiger partial charge in [-0.05, 0) is 18.6 Å². The number of carbonyl (C=O) groups is 2. The van der Waals surface area contributed by atoms with E-state index < -0.39 is 0 Å². The SMILES string of the molecule is CCCCCN(CC(=O)Nc1ccc(OC)c(OC)c1)C(C)=O. The first-order chi connectivity index (χ1) is 11.0. The fourth-order valence-corrected chi connectivity index (χ4v) is 2.19. The van der Waals surface area contributed by atoms with Gasteiger partial charge >= 0.3 is 0 Å². The Kier molecular flexibility index (Phi) is 7.94. The lowest BCUT2D eigenvalue weighted by Gasteiger charge is -2.20. The Bertz CT molecular complexity index is 531. The van der Waals surface area contributed by atoms with Crippen molar-refractivity contribution in [3.63, 3.8) is 0 Å². The smallest absolute Gasteiger partial charge is 0.243 e. The zero-order chi connectivity index (χ0) is 17.2. The van der Waals surface area contributed by atoms with Crippen molar-refractivity contribution >= 4 is 17.5 Å². The van der Waals surface area contributed by atoms with Crippen molar-refractivity contribution in [2.75, 3.05) is 32.6 Å². The minimum Gasteiger partial charge on any atom is -0.493 e. The summed E-state index contributed by atoms with van der Waals surface area (Å²) in [6.45, 7) is 4.23. The average Bonchev–Trinajstić information content (AvgIpc) is 2.53. The molecule has 23 heavy (non-hydrogen) atoms. The van der Waals surface area contributed by atoms with Crippen LogP contribution < -0.4 is 14.8 Å². The van der Waals surface area contributed by atoms with Crippen molar-refractivity contribution in [3.8, 4) is 11.5 Å². The van der Waals surface area contributed by atoms with Crippen LogP contribution in [-0.4, -0.2) is 44.0 Å². The van der Waals surface area contributed by atoms with E-state index in [0.29, 0.717) is 23.7 Å². The molecule has 128 valence electrons. The fourth-order valence-electron chi connectivity index (χ4n) is 2.19. The molecule has 0 fully saturated rings. The van der Waals surface area contributed by atoms with Gasteiger partial charge < -0.3 is 19.7 Å². The van der Waals surface area contributed by atoms with Gasteiger partial charge in [0, 0.05) is 25.2 Å². The molecule has 0 spiro atoms. The van der Waals surface area contributed by atoms with E-state index >= 15 is 0 Å². The van der Waals surface area contributed by atoms with Crippen molar-refractivity contribution in [2.45, 2.75) is 33.1 Å². The Morgan fingerprint density at radius 1 is 1.13 bits per heavy atom. The Hall–Kier alpha value is -2.24. The molecule has 1 rings (SSSR count). The summed E-state index contributed by atoms with van der Waals surface area (Å²) in [7, 11) is 3.09. The minimum atomic E-state index is -0.232. The number of ether oxygens (including phenoxy) is 2. The molecule has 1 N–H and O–H groups in total. The number of nitrogens with zero attached hydrogens (tertiary/aromatic N) is 1. The second kappa shape index (κ2) is 9.71. The summed E-state index contributed by atoms with van der Waals surface area (Å²) in [5.41, 5.74) is 0.602. The summed E-state index contributed by atoms with van der Waals surface area (Å²) in [5.74, 6) is 0.805. The monoisotopic (exact) mass is 322 g/mol. The first-order valence-electron chi connectivity index (χ1n) is 7.79. The first-order valence-corrected chi connectivity index (χ1v) is 7.79. The Balaban J connectivity index is 2.65. The molecule has 2 amide bonds. The Morgan fingerprint density at radius 2 is 1.83 bits per heavy atom. The largest absolute Gasteiger partial charge is 0.493 e. The van der Waals surface area contributed by atoms with Crippen molar-refractivity contribution in [1.82, 2.24) is 4.90 Å². The highest BCUT2D eigenvalue weighted by Crippen LogP contribution is 2.29. The van der Waals surface area contributed by atoms with Gasteiger partial charge in [-0.1, -0.05) is 19.8 Å². The maximum Gasteiger partial charge on any atom is 0.243 e. The van der Waals surface area contributed by atoms with E-state index in [1.807, 2.05) is 0 Å². The molecule has 0 atom stereocenters. The molecule has 0 heterocycles. The third-order valence-corrected chi connectivity index (χ3v) is 3.48. The van der Waals surface area contributed by atoms with Crippen molar-refractivity contribution < 1.29 is 19.1 Å². The van der Waals surface area contributed by atoms with E-state index in [2.05, 4.69) is 12.2 Å². The molecule has 0 unspecified atom stereocenters. The molecule has 0 aliphatic carbocycles. The molecule has 0 saturated heterocycles. The Morgan fingerprint density at radius 3 is 2.39 bits per heavy atom. The Labute approximate surface area is 137 Å². The maximum atomic E-state index is 12.1. The summed E-state index contributed by atoms with van der Waals surface area (Å²) >= 11 is 0. The van der Waals surface area contributed by atoms with Gasteiger partial charge in [-0.25, -0.2) is 0 Å². The van der Waals surface area contributed by atoms with Crippen molar-refractivity contribution in [2.24, 2.45) is 0 Å². The summed E-state index contributed by atoms with van der Waals surface area (Å²) in [6, 6.07) is 5.14. The van der Waals surface area contributed by atoms with Gasteiger partial charge in [0.2, 0.25) is 11.8 Å². The zero-order valence-electron chi connectivity index (χ0n) is 14.3. The van der Waals surface area contributed by atoms with Gasteiger partial charge in [0.1, 0.15) is 0 Å². The highest BCUT2D eigenvalue weighted by Gasteiger charge is 2.14. The van der Waals surface area contributed by atoms with Gasteiger partial charge in [-0.15, -0.1) is 0 Å². The van der Waals surface area contributed by atoms with E-state index in [1.54, 1.807) is 30.2 Å². The van der Waals surface area contributed by atoms with E-state index in [0.717, 1.165) is 19.3 Å². The first kappa shape index (κ1) is 18.8. The number of anilines is 1. The number of carbonyl (C=O) groups excluding carboxylic acids is 2. The second-order valence-corrected chi connectivity index (χ2v) is 5.27. The number of methoxy groups -OCH3 is 2. The van der Waals surface area contributed by atoms with Crippen LogP contribution in [0.1, 0.15) is 33.1 Å². The van der Waals surface area contributed by atoms with Crippen LogP contribution in [0.25, 0.3) is 0 Å². The van der Waals surface area contributed by atoms with E-state index in [4.69, 9.17) is 9.47 Å². The van der Waals surface area contributed by atoms with Crippen LogP contribution in [0.3, 0.4) is 0 Å². The molecule has 0 bridgehead atoms. The van der Waals surface area contributed by atoms with Crippen LogP contribution in [0.2, 0.25) is 0 Å². The number of nitrogens with one attached hydrogen (secondary N) is 1. The van der Waals surface area contributed by atoms with Crippen LogP contribution in [0.15, 0.2) is 18.2 Å². The summed E-state index contributed by atoms with van der Waals surface area (Å²) in [6.07, 6.45) is 3.02. The lowest BCUT2D eigenvalue weighted by Crippen LogP contribution is -2.37. The maximum absolute atomic E-state index is 12.1. The highest BCUT2D eigenvalue weighted by atomic mass is 16.5. The molecule has 0 radical (unpaired) electrons. The molecule has 0 saturated carbocycles. The number of hydrogen-bond donors (Lipinski definition) is 1. The van der Waals surface area contributed by atoms with Gasteiger partial charge in [0.15, 0.2) is 11.5 Å². The number of hydrogen-bond acceptors (Lipinski definition) is 4. The van der Waals surface area contributed by atoms with Crippen molar-refractivity contribution in [3.05, 3.63) is 18.2 Å². The highest BCUT2D eigenvalue weighted by molar-refractivity contribution is 5.94. The molecule has 6 nitrogen and oxygen atoms in total. The molecular weight excluding hydrogens is 296 g/mol. The minimum absolute atomic E-state index is 0.0490. The number of benzene rings is 1. The number of rotatable bonds is 9. The average molecular weight is 322 g/mol. The van der Waals surface area contributed by atoms with Crippen LogP contribution in [0.4, 0.5) is 5.69 Å². The fraction of sp³-hybridized carbons (Fsp3) is 0.529. The lowest BCUT2D eigenvalue weighted by molar-refractivity contribution is -0.132. The summed E-state index contributed by atoms with van der Waals surface area (Å²) in [4.78, 5) is 25.3. The third-order valence-electron chi connectivity index (χ3n) is 3.48. The normalized spacial score (nSPS) is 10.1. The quantitative estimate of drug-likeness (QED) is 0.710. The summed E-state index contributed by atoms with van der Waals surface area (Å²) < 4.78 is 10.4. The zero-order valence-corrected chi connectivity index (χ0v) is 14.3. The molecule has 0 aliphatic heterocycles. The van der Waals surface area contributed by atoms with E-state index in [-0.39, 0.29) is 18.4 Å². The molecular formula is C17H26N2O4. The molecule has 0 aliphatic rings. The predicted molar refractivity (Wildman–Crippen MR) is 90.0 cm³/mol. The predicted octanol–water partition coefficient (Wildman–Crippen LogP) is 2.68. The lowest BCUT2D eigenvalue weighted by atomic mass is 10.2. The van der Waals surface area contributed by atoms with Crippen LogP contribution >= 0.6 is 0 Å². The third kappa shape index (κ3) is 6.18. The molecule has 1 aromatic rings. The molecule has 0 aromatic heterocycles. The van der Waals surface area contributed by atoms with Crippen LogP contribution in [0.5, 0.6) is 11.5 Å². The van der Waals surface area contributed by atoms with Crippen LogP contribution in [-0.2, 0) is 9.59 Å². The number of unbranched alkanes of at least 4 members (excludes halogenated alkanes) is 2. The van der Waals surface area contributed by atoms with Crippen molar-refractivity contribution in [1.29, 1.82) is 0 Å². The van der Waals surface area contributed by atoms with Gasteiger partial charge in [-0.3, -0.25) is 9.59 Å². The van der Waals surface area contributed by atoms with E-state index in [1.165, 1.54) is 14.0 Å². The second-order valence-electron chi connectivity index (χ2n) is 5.27. The van der Waals surface area contributed by atoms with Gasteiger partial charge in [-0.2, -0.15) is 0 Å². The van der Waals surface area contributed by atoms with E-state index in [9.17, 15) is 9.59 Å². The number of amides is 2. The van der Waals surface area contributed by atoms with Crippen LogP contribution in [0, 0.1) is 0 Å².